The van der Waals surface area contributed by atoms with Gasteiger partial charge in [0.25, 0.3) is 5.91 Å². The summed E-state index contributed by atoms with van der Waals surface area (Å²) in [7, 11) is 0. The molecule has 5 nitrogen and oxygen atoms in total. The molecular weight excluding hydrogens is 316 g/mol. The Balaban J connectivity index is 1.50. The fourth-order valence-corrected chi connectivity index (χ4v) is 4.08. The van der Waals surface area contributed by atoms with Crippen LogP contribution in [-0.4, -0.2) is 49.6 Å². The Labute approximate surface area is 148 Å². The Morgan fingerprint density at radius 1 is 1.24 bits per heavy atom. The van der Waals surface area contributed by atoms with Gasteiger partial charge in [-0.15, -0.1) is 0 Å². The molecule has 4 rings (SSSR count). The van der Waals surface area contributed by atoms with Crippen LogP contribution in [0.4, 0.5) is 5.69 Å². The van der Waals surface area contributed by atoms with Crippen LogP contribution >= 0.6 is 0 Å². The van der Waals surface area contributed by atoms with Crippen molar-refractivity contribution in [2.45, 2.75) is 31.6 Å². The van der Waals surface area contributed by atoms with Crippen LogP contribution in [0.1, 0.15) is 37.2 Å². The molecule has 1 aromatic carbocycles. The lowest BCUT2D eigenvalue weighted by Gasteiger charge is -2.22. The zero-order valence-electron chi connectivity index (χ0n) is 14.4. The Morgan fingerprint density at radius 2 is 2.12 bits per heavy atom. The van der Waals surface area contributed by atoms with Gasteiger partial charge in [-0.2, -0.15) is 0 Å². The summed E-state index contributed by atoms with van der Waals surface area (Å²) in [5.74, 6) is 0.677. The van der Waals surface area contributed by atoms with Crippen molar-refractivity contribution < 1.29 is 14.3 Å². The normalized spacial score (nSPS) is 23.0. The number of anilines is 1. The summed E-state index contributed by atoms with van der Waals surface area (Å²) in [6.45, 7) is 3.52. The molecule has 0 radical (unpaired) electrons. The van der Waals surface area contributed by atoms with Crippen molar-refractivity contribution in [3.8, 4) is 0 Å². The molecule has 1 unspecified atom stereocenters. The molecule has 25 heavy (non-hydrogen) atoms. The van der Waals surface area contributed by atoms with Gasteiger partial charge in [-0.25, -0.2) is 0 Å². The molecule has 0 aromatic heterocycles. The van der Waals surface area contributed by atoms with Gasteiger partial charge in [-0.05, 0) is 24.5 Å². The summed E-state index contributed by atoms with van der Waals surface area (Å²) in [5.41, 5.74) is 3.12. The lowest BCUT2D eigenvalue weighted by molar-refractivity contribution is -0.127. The summed E-state index contributed by atoms with van der Waals surface area (Å²) >= 11 is 0. The third kappa shape index (κ3) is 3.21. The number of hydrogen-bond donors (Lipinski definition) is 0. The van der Waals surface area contributed by atoms with Crippen LogP contribution in [0.3, 0.4) is 0 Å². The van der Waals surface area contributed by atoms with Gasteiger partial charge in [0.2, 0.25) is 5.91 Å². The van der Waals surface area contributed by atoms with Gasteiger partial charge in [-0.1, -0.05) is 24.3 Å². The predicted molar refractivity (Wildman–Crippen MR) is 95.5 cm³/mol. The van der Waals surface area contributed by atoms with Gasteiger partial charge >= 0.3 is 0 Å². The van der Waals surface area contributed by atoms with E-state index in [0.29, 0.717) is 38.5 Å². The van der Waals surface area contributed by atoms with E-state index in [2.05, 4.69) is 6.07 Å². The topological polar surface area (TPSA) is 49.9 Å². The first-order chi connectivity index (χ1) is 12.2. The molecular formula is C20H24N2O3. The van der Waals surface area contributed by atoms with E-state index in [1.54, 1.807) is 0 Å². The molecule has 5 heteroatoms. The van der Waals surface area contributed by atoms with Crippen molar-refractivity contribution in [1.29, 1.82) is 0 Å². The van der Waals surface area contributed by atoms with Gasteiger partial charge < -0.3 is 14.5 Å². The second-order valence-electron chi connectivity index (χ2n) is 7.00. The Morgan fingerprint density at radius 3 is 2.88 bits per heavy atom. The minimum Gasteiger partial charge on any atom is -0.377 e. The highest BCUT2D eigenvalue weighted by molar-refractivity contribution is 6.07. The van der Waals surface area contributed by atoms with Gasteiger partial charge in [0.15, 0.2) is 0 Å². The molecule has 2 amide bonds. The number of likely N-dealkylation sites (tertiary alicyclic amines) is 1. The first-order valence-electron chi connectivity index (χ1n) is 9.19. The maximum atomic E-state index is 13.0. The van der Waals surface area contributed by atoms with Crippen LogP contribution in [0, 0.1) is 0 Å². The van der Waals surface area contributed by atoms with E-state index in [1.807, 2.05) is 34.1 Å². The van der Waals surface area contributed by atoms with E-state index in [0.717, 1.165) is 37.2 Å². The van der Waals surface area contributed by atoms with E-state index < -0.39 is 0 Å². The van der Waals surface area contributed by atoms with Crippen LogP contribution in [0.5, 0.6) is 0 Å². The molecule has 1 aromatic rings. The second kappa shape index (κ2) is 7.00. The van der Waals surface area contributed by atoms with Crippen molar-refractivity contribution in [2.75, 3.05) is 37.7 Å². The summed E-state index contributed by atoms with van der Waals surface area (Å²) in [6, 6.07) is 8.18. The molecule has 1 saturated heterocycles. The molecule has 1 atom stereocenters. The van der Waals surface area contributed by atoms with Crippen molar-refractivity contribution in [2.24, 2.45) is 0 Å². The number of amides is 2. The van der Waals surface area contributed by atoms with E-state index >= 15 is 0 Å². The smallest absolute Gasteiger partial charge is 0.254 e. The fourth-order valence-electron chi connectivity index (χ4n) is 4.08. The second-order valence-corrected chi connectivity index (χ2v) is 7.00. The molecule has 3 heterocycles. The zero-order chi connectivity index (χ0) is 17.2. The van der Waals surface area contributed by atoms with E-state index in [1.165, 1.54) is 5.56 Å². The highest BCUT2D eigenvalue weighted by atomic mass is 16.5. The minimum atomic E-state index is 0.107. The molecule has 0 aliphatic carbocycles. The standard InChI is InChI=1S/C20H24N2O3/c23-19-6-3-10-21(19)11-7-16-14-22(18-5-2-1-4-17(16)18)20(24)15-8-12-25-13-9-15/h1-2,4-5,8,16H,3,6-7,9-14H2. The summed E-state index contributed by atoms with van der Waals surface area (Å²) in [5, 5.41) is 0. The number of fused-ring (bicyclic) bond motifs is 1. The van der Waals surface area contributed by atoms with Crippen molar-refractivity contribution >= 4 is 17.5 Å². The quantitative estimate of drug-likeness (QED) is 0.846. The molecule has 3 aliphatic rings. The SMILES string of the molecule is O=C1CCCN1CCC1CN(C(=O)C2=CCOCC2)c2ccccc21. The number of benzene rings is 1. The molecule has 0 saturated carbocycles. The van der Waals surface area contributed by atoms with Crippen LogP contribution < -0.4 is 4.90 Å². The van der Waals surface area contributed by atoms with Crippen LogP contribution in [-0.2, 0) is 14.3 Å². The average molecular weight is 340 g/mol. The first kappa shape index (κ1) is 16.3. The molecule has 132 valence electrons. The molecule has 3 aliphatic heterocycles. The Kier molecular flexibility index (Phi) is 4.57. The van der Waals surface area contributed by atoms with E-state index in [-0.39, 0.29) is 11.8 Å². The highest BCUT2D eigenvalue weighted by Crippen LogP contribution is 2.39. The Hall–Kier alpha value is -2.14. The monoisotopic (exact) mass is 340 g/mol. The summed E-state index contributed by atoms with van der Waals surface area (Å²) in [4.78, 5) is 28.7. The number of rotatable bonds is 4. The van der Waals surface area contributed by atoms with Crippen LogP contribution in [0.2, 0.25) is 0 Å². The maximum absolute atomic E-state index is 13.0. The average Bonchev–Trinajstić information content (AvgIpc) is 3.23. The third-order valence-electron chi connectivity index (χ3n) is 5.47. The zero-order valence-corrected chi connectivity index (χ0v) is 14.4. The first-order valence-corrected chi connectivity index (χ1v) is 9.19. The third-order valence-corrected chi connectivity index (χ3v) is 5.47. The number of carbonyl (C=O) groups is 2. The number of hydrogen-bond acceptors (Lipinski definition) is 3. The number of ether oxygens (including phenoxy) is 1. The van der Waals surface area contributed by atoms with Gasteiger partial charge in [0.1, 0.15) is 0 Å². The van der Waals surface area contributed by atoms with Gasteiger partial charge in [0, 0.05) is 49.7 Å². The summed E-state index contributed by atoms with van der Waals surface area (Å²) in [6.07, 6.45) is 5.16. The Bertz CT molecular complexity index is 713. The molecule has 0 bridgehead atoms. The van der Waals surface area contributed by atoms with Gasteiger partial charge in [0.05, 0.1) is 13.2 Å². The fraction of sp³-hybridized carbons (Fsp3) is 0.500. The lowest BCUT2D eigenvalue weighted by Crippen LogP contribution is -2.33. The van der Waals surface area contributed by atoms with Crippen molar-refractivity contribution in [3.05, 3.63) is 41.5 Å². The van der Waals surface area contributed by atoms with Crippen molar-refractivity contribution in [1.82, 2.24) is 4.90 Å². The summed E-state index contributed by atoms with van der Waals surface area (Å²) < 4.78 is 5.32. The maximum Gasteiger partial charge on any atom is 0.254 e. The number of carbonyl (C=O) groups excluding carboxylic acids is 2. The molecule has 0 N–H and O–H groups in total. The van der Waals surface area contributed by atoms with Crippen molar-refractivity contribution in [3.63, 3.8) is 0 Å². The van der Waals surface area contributed by atoms with Gasteiger partial charge in [-0.3, -0.25) is 9.59 Å². The van der Waals surface area contributed by atoms with E-state index in [4.69, 9.17) is 4.74 Å². The largest absolute Gasteiger partial charge is 0.377 e. The lowest BCUT2D eigenvalue weighted by atomic mass is 9.98. The minimum absolute atomic E-state index is 0.107. The number of nitrogens with zero attached hydrogens (tertiary/aromatic N) is 2. The number of para-hydroxylation sites is 1. The predicted octanol–water partition coefficient (Wildman–Crippen LogP) is 2.48. The molecule has 0 spiro atoms. The van der Waals surface area contributed by atoms with Crippen LogP contribution in [0.15, 0.2) is 35.9 Å². The molecule has 1 fully saturated rings. The highest BCUT2D eigenvalue weighted by Gasteiger charge is 2.34. The van der Waals surface area contributed by atoms with Crippen LogP contribution in [0.25, 0.3) is 0 Å². The van der Waals surface area contributed by atoms with E-state index in [9.17, 15) is 9.59 Å².